The molecule has 17 heavy (non-hydrogen) atoms. The normalized spacial score (nSPS) is 12.2. The molecule has 0 amide bonds. The van der Waals surface area contributed by atoms with Crippen molar-refractivity contribution in [3.63, 3.8) is 0 Å². The number of thioether (sulfide) groups is 1. The van der Waals surface area contributed by atoms with E-state index in [2.05, 4.69) is 9.47 Å². The van der Waals surface area contributed by atoms with E-state index in [0.29, 0.717) is 22.7 Å². The smallest absolute Gasteiger partial charge is 0.334 e. The summed E-state index contributed by atoms with van der Waals surface area (Å²) >= 11 is 1.47. The molecule has 96 valence electrons. The second-order valence-corrected chi connectivity index (χ2v) is 4.09. The molecular formula is C12H18O4S. The van der Waals surface area contributed by atoms with Crippen molar-refractivity contribution in [3.05, 3.63) is 23.3 Å². The molecule has 0 aromatic heterocycles. The summed E-state index contributed by atoms with van der Waals surface area (Å²) in [5.74, 6) is 0.356. The number of esters is 2. The fourth-order valence-corrected chi connectivity index (χ4v) is 2.16. The Bertz CT molecular complexity index is 299. The molecule has 0 N–H and O–H groups in total. The number of hydrogen-bond acceptors (Lipinski definition) is 5. The van der Waals surface area contributed by atoms with Crippen LogP contribution in [0.4, 0.5) is 0 Å². The van der Waals surface area contributed by atoms with E-state index in [1.54, 1.807) is 26.0 Å². The summed E-state index contributed by atoms with van der Waals surface area (Å²) in [4.78, 5) is 22.5. The number of allylic oxidation sites excluding steroid dienone is 2. The summed E-state index contributed by atoms with van der Waals surface area (Å²) in [6.45, 7) is 3.56. The highest BCUT2D eigenvalue weighted by molar-refractivity contribution is 7.99. The molecule has 0 aliphatic rings. The number of carbonyl (C=O) groups is 2. The zero-order valence-electron chi connectivity index (χ0n) is 10.6. The van der Waals surface area contributed by atoms with E-state index < -0.39 is 0 Å². The minimum Gasteiger partial charge on any atom is -0.466 e. The minimum atomic E-state index is -0.333. The number of hydrogen-bond donors (Lipinski definition) is 0. The molecule has 5 heteroatoms. The highest BCUT2D eigenvalue weighted by Crippen LogP contribution is 2.14. The molecule has 0 rings (SSSR count). The third-order valence-electron chi connectivity index (χ3n) is 2.11. The predicted octanol–water partition coefficient (Wildman–Crippen LogP) is 1.96. The molecule has 0 atom stereocenters. The number of carbonyl (C=O) groups excluding carboxylic acids is 2. The van der Waals surface area contributed by atoms with E-state index in [-0.39, 0.29) is 11.9 Å². The van der Waals surface area contributed by atoms with Gasteiger partial charge in [0.25, 0.3) is 0 Å². The van der Waals surface area contributed by atoms with Crippen LogP contribution in [-0.2, 0) is 19.1 Å². The fourth-order valence-electron chi connectivity index (χ4n) is 1.05. The molecular weight excluding hydrogens is 240 g/mol. The van der Waals surface area contributed by atoms with Crippen LogP contribution in [0.3, 0.4) is 0 Å². The molecule has 0 aromatic rings. The lowest BCUT2D eigenvalue weighted by atomic mass is 10.3. The van der Waals surface area contributed by atoms with Gasteiger partial charge < -0.3 is 9.47 Å². The first-order chi connectivity index (χ1) is 8.10. The lowest BCUT2D eigenvalue weighted by molar-refractivity contribution is -0.136. The molecule has 0 heterocycles. The molecule has 0 unspecified atom stereocenters. The van der Waals surface area contributed by atoms with Gasteiger partial charge in [0.1, 0.15) is 0 Å². The van der Waals surface area contributed by atoms with Crippen molar-refractivity contribution in [2.24, 2.45) is 0 Å². The van der Waals surface area contributed by atoms with Gasteiger partial charge in [0.2, 0.25) is 0 Å². The Hall–Kier alpha value is -1.23. The quantitative estimate of drug-likeness (QED) is 0.538. The van der Waals surface area contributed by atoms with Gasteiger partial charge in [-0.25, -0.2) is 9.59 Å². The Balaban J connectivity index is 4.22. The average molecular weight is 258 g/mol. The summed E-state index contributed by atoms with van der Waals surface area (Å²) in [6.07, 6.45) is 3.43. The van der Waals surface area contributed by atoms with Gasteiger partial charge in [0.05, 0.1) is 14.2 Å². The summed E-state index contributed by atoms with van der Waals surface area (Å²) in [7, 11) is 2.70. The van der Waals surface area contributed by atoms with E-state index in [9.17, 15) is 9.59 Å². The van der Waals surface area contributed by atoms with Gasteiger partial charge in [0.15, 0.2) is 0 Å². The van der Waals surface area contributed by atoms with Crippen molar-refractivity contribution in [1.29, 1.82) is 0 Å². The van der Waals surface area contributed by atoms with E-state index in [4.69, 9.17) is 0 Å². The first-order valence-corrected chi connectivity index (χ1v) is 6.30. The van der Waals surface area contributed by atoms with E-state index in [1.807, 2.05) is 0 Å². The molecule has 4 nitrogen and oxygen atoms in total. The second-order valence-electron chi connectivity index (χ2n) is 3.10. The van der Waals surface area contributed by atoms with Gasteiger partial charge in [-0.3, -0.25) is 0 Å². The first kappa shape index (κ1) is 15.8. The number of rotatable bonds is 6. The van der Waals surface area contributed by atoms with E-state index >= 15 is 0 Å². The SMILES string of the molecule is C/C=C(\CSC/C(=C\C)C(=O)OC)C(=O)OC. The largest absolute Gasteiger partial charge is 0.466 e. The molecule has 0 aliphatic heterocycles. The zero-order valence-corrected chi connectivity index (χ0v) is 11.4. The Kier molecular flexibility index (Phi) is 8.23. The van der Waals surface area contributed by atoms with Crippen molar-refractivity contribution in [1.82, 2.24) is 0 Å². The Labute approximate surface area is 106 Å². The van der Waals surface area contributed by atoms with Gasteiger partial charge in [0, 0.05) is 22.7 Å². The Morgan fingerprint density at radius 1 is 0.941 bits per heavy atom. The topological polar surface area (TPSA) is 52.6 Å². The maximum atomic E-state index is 11.3. The maximum Gasteiger partial charge on any atom is 0.334 e. The van der Waals surface area contributed by atoms with Crippen molar-refractivity contribution >= 4 is 23.7 Å². The standard InChI is InChI=1S/C12H18O4S/c1-5-9(11(13)15-3)7-17-8-10(6-2)12(14)16-4/h5-6H,7-8H2,1-4H3/b9-5+,10-6+. The Morgan fingerprint density at radius 2 is 1.29 bits per heavy atom. The van der Waals surface area contributed by atoms with Crippen LogP contribution in [-0.4, -0.2) is 37.7 Å². The lowest BCUT2D eigenvalue weighted by Gasteiger charge is -2.06. The molecule has 0 saturated heterocycles. The molecule has 0 saturated carbocycles. The molecule has 0 aromatic carbocycles. The number of methoxy groups -OCH3 is 2. The fraction of sp³-hybridized carbons (Fsp3) is 0.500. The second kappa shape index (κ2) is 8.87. The minimum absolute atomic E-state index is 0.333. The highest BCUT2D eigenvalue weighted by Gasteiger charge is 2.11. The predicted molar refractivity (Wildman–Crippen MR) is 68.9 cm³/mol. The van der Waals surface area contributed by atoms with Crippen LogP contribution < -0.4 is 0 Å². The van der Waals surface area contributed by atoms with Crippen LogP contribution in [0.15, 0.2) is 23.3 Å². The maximum absolute atomic E-state index is 11.3. The third-order valence-corrected chi connectivity index (χ3v) is 3.14. The molecule has 0 fully saturated rings. The third kappa shape index (κ3) is 5.58. The van der Waals surface area contributed by atoms with Gasteiger partial charge in [-0.1, -0.05) is 12.2 Å². The van der Waals surface area contributed by atoms with Gasteiger partial charge in [-0.2, -0.15) is 11.8 Å². The van der Waals surface area contributed by atoms with Crippen molar-refractivity contribution < 1.29 is 19.1 Å². The number of ether oxygens (including phenoxy) is 2. The van der Waals surface area contributed by atoms with Gasteiger partial charge in [-0.05, 0) is 13.8 Å². The van der Waals surface area contributed by atoms with Crippen molar-refractivity contribution in [3.8, 4) is 0 Å². The average Bonchev–Trinajstić information content (AvgIpc) is 2.37. The Morgan fingerprint density at radius 3 is 1.53 bits per heavy atom. The van der Waals surface area contributed by atoms with Crippen LogP contribution in [0, 0.1) is 0 Å². The highest BCUT2D eigenvalue weighted by atomic mass is 32.2. The van der Waals surface area contributed by atoms with Crippen LogP contribution in [0.5, 0.6) is 0 Å². The molecule has 0 radical (unpaired) electrons. The first-order valence-electron chi connectivity index (χ1n) is 5.15. The van der Waals surface area contributed by atoms with Crippen LogP contribution in [0.2, 0.25) is 0 Å². The van der Waals surface area contributed by atoms with Crippen molar-refractivity contribution in [2.75, 3.05) is 25.7 Å². The van der Waals surface area contributed by atoms with E-state index in [0.717, 1.165) is 0 Å². The summed E-state index contributed by atoms with van der Waals surface area (Å²) in [5.41, 5.74) is 1.19. The lowest BCUT2D eigenvalue weighted by Crippen LogP contribution is -2.10. The molecule has 0 bridgehead atoms. The summed E-state index contributed by atoms with van der Waals surface area (Å²) < 4.78 is 9.26. The zero-order chi connectivity index (χ0) is 13.3. The van der Waals surface area contributed by atoms with Crippen LogP contribution >= 0.6 is 11.8 Å². The van der Waals surface area contributed by atoms with Crippen LogP contribution in [0.1, 0.15) is 13.8 Å². The van der Waals surface area contributed by atoms with Crippen molar-refractivity contribution in [2.45, 2.75) is 13.8 Å². The summed E-state index contributed by atoms with van der Waals surface area (Å²) in [6, 6.07) is 0. The van der Waals surface area contributed by atoms with Gasteiger partial charge in [-0.15, -0.1) is 0 Å². The van der Waals surface area contributed by atoms with Gasteiger partial charge >= 0.3 is 11.9 Å². The van der Waals surface area contributed by atoms with Crippen LogP contribution in [0.25, 0.3) is 0 Å². The molecule has 0 spiro atoms. The van der Waals surface area contributed by atoms with E-state index in [1.165, 1.54) is 26.0 Å². The molecule has 0 aliphatic carbocycles. The summed E-state index contributed by atoms with van der Waals surface area (Å²) in [5, 5.41) is 0. The monoisotopic (exact) mass is 258 g/mol.